The highest BCUT2D eigenvalue weighted by Gasteiger charge is 2.22. The third-order valence-electron chi connectivity index (χ3n) is 6.90. The molecule has 0 spiro atoms. The summed E-state index contributed by atoms with van der Waals surface area (Å²) in [6, 6.07) is 20.9. The number of hydrogen-bond donors (Lipinski definition) is 3. The lowest BCUT2D eigenvalue weighted by Crippen LogP contribution is -2.36. The van der Waals surface area contributed by atoms with Gasteiger partial charge in [-0.3, -0.25) is 4.79 Å². The van der Waals surface area contributed by atoms with Crippen molar-refractivity contribution < 1.29 is 28.9 Å². The summed E-state index contributed by atoms with van der Waals surface area (Å²) in [6.07, 6.45) is 2.02. The second-order valence-corrected chi connectivity index (χ2v) is 13.4. The van der Waals surface area contributed by atoms with Crippen molar-refractivity contribution in [1.29, 1.82) is 0 Å². The maximum atomic E-state index is 12.5. The number of amides is 1. The number of carbonyl (C=O) groups is 2. The average molecular weight is 603 g/mol. The Labute approximate surface area is 261 Å². The van der Waals surface area contributed by atoms with Crippen LogP contribution in [-0.2, 0) is 27.3 Å². The van der Waals surface area contributed by atoms with Crippen LogP contribution in [0.1, 0.15) is 77.1 Å². The number of hydrogen-bond acceptors (Lipinski definition) is 7. The van der Waals surface area contributed by atoms with E-state index in [2.05, 4.69) is 28.8 Å². The fourth-order valence-corrected chi connectivity index (χ4v) is 4.73. The number of benzene rings is 3. The number of esters is 1. The molecule has 3 N–H and O–H groups in total. The molecule has 0 saturated heterocycles. The van der Waals surface area contributed by atoms with Gasteiger partial charge in [0.15, 0.2) is 0 Å². The Morgan fingerprint density at radius 2 is 1.61 bits per heavy atom. The number of alkyl carbamates (subject to hydrolysis) is 1. The molecule has 3 aromatic carbocycles. The van der Waals surface area contributed by atoms with Gasteiger partial charge in [-0.1, -0.05) is 36.4 Å². The number of carbonyl (C=O) groups excluding carboxylic acids is 2. The zero-order valence-electron chi connectivity index (χ0n) is 26.7. The number of nitrogens with one attached hydrogen (secondary N) is 2. The zero-order valence-corrected chi connectivity index (χ0v) is 26.7. The van der Waals surface area contributed by atoms with E-state index in [4.69, 9.17) is 14.2 Å². The first-order valence-electron chi connectivity index (χ1n) is 15.3. The molecule has 0 aliphatic heterocycles. The van der Waals surface area contributed by atoms with Gasteiger partial charge in [-0.2, -0.15) is 0 Å². The molecule has 8 heteroatoms. The van der Waals surface area contributed by atoms with E-state index in [0.29, 0.717) is 18.3 Å². The third-order valence-corrected chi connectivity index (χ3v) is 6.90. The molecule has 1 amide bonds. The predicted octanol–water partition coefficient (Wildman–Crippen LogP) is 7.20. The fraction of sp³-hybridized carbons (Fsp3) is 0.444. The summed E-state index contributed by atoms with van der Waals surface area (Å²) >= 11 is 0. The first-order valence-corrected chi connectivity index (χ1v) is 15.3. The zero-order chi connectivity index (χ0) is 31.9. The van der Waals surface area contributed by atoms with E-state index in [1.807, 2.05) is 69.3 Å². The van der Waals surface area contributed by atoms with Gasteiger partial charge in [-0.25, -0.2) is 4.79 Å². The average Bonchev–Trinajstić information content (AvgIpc) is 3.77. The molecule has 3 aromatic rings. The summed E-state index contributed by atoms with van der Waals surface area (Å²) in [6.45, 7) is 11.9. The molecular weight excluding hydrogens is 556 g/mol. The molecule has 0 radical (unpaired) electrons. The van der Waals surface area contributed by atoms with Crippen LogP contribution >= 0.6 is 0 Å². The summed E-state index contributed by atoms with van der Waals surface area (Å²) < 4.78 is 17.2. The molecule has 1 aliphatic carbocycles. The van der Waals surface area contributed by atoms with Crippen molar-refractivity contribution >= 4 is 17.7 Å². The van der Waals surface area contributed by atoms with E-state index >= 15 is 0 Å². The van der Waals surface area contributed by atoms with Crippen molar-refractivity contribution in [2.24, 2.45) is 5.92 Å². The van der Waals surface area contributed by atoms with E-state index in [-0.39, 0.29) is 19.0 Å². The fourth-order valence-electron chi connectivity index (χ4n) is 4.73. The number of rotatable bonds is 12. The lowest BCUT2D eigenvalue weighted by Gasteiger charge is -2.23. The molecule has 0 aromatic heterocycles. The first-order chi connectivity index (χ1) is 20.8. The van der Waals surface area contributed by atoms with Gasteiger partial charge in [0.2, 0.25) is 0 Å². The van der Waals surface area contributed by atoms with Crippen molar-refractivity contribution in [3.63, 3.8) is 0 Å². The van der Waals surface area contributed by atoms with Gasteiger partial charge in [-0.15, -0.1) is 0 Å². The molecule has 1 aliphatic rings. The Morgan fingerprint density at radius 1 is 0.886 bits per heavy atom. The SMILES string of the molecule is CC(C)(C)OC(=O)Cc1ccccc1OCc1cc(NCC2CC2)cc(-c2cccc([C@@H](CO)NC(=O)OC(C)(C)C)c2)c1. The summed E-state index contributed by atoms with van der Waals surface area (Å²) in [5.74, 6) is 1.03. The van der Waals surface area contributed by atoms with Crippen LogP contribution < -0.4 is 15.4 Å². The van der Waals surface area contributed by atoms with Gasteiger partial charge in [-0.05, 0) is 113 Å². The number of ether oxygens (including phenoxy) is 3. The van der Waals surface area contributed by atoms with Crippen molar-refractivity contribution in [3.05, 3.63) is 83.4 Å². The Balaban J connectivity index is 1.55. The van der Waals surface area contributed by atoms with Crippen molar-refractivity contribution in [3.8, 4) is 16.9 Å². The number of anilines is 1. The second kappa shape index (κ2) is 14.2. The quantitative estimate of drug-likeness (QED) is 0.188. The van der Waals surface area contributed by atoms with Crippen LogP contribution in [0.4, 0.5) is 10.5 Å². The maximum absolute atomic E-state index is 12.5. The van der Waals surface area contributed by atoms with E-state index in [0.717, 1.165) is 40.0 Å². The van der Waals surface area contributed by atoms with Crippen LogP contribution in [-0.4, -0.2) is 41.5 Å². The van der Waals surface area contributed by atoms with Crippen molar-refractivity contribution in [2.45, 2.75) is 84.7 Å². The van der Waals surface area contributed by atoms with Gasteiger partial charge in [0.05, 0.1) is 19.1 Å². The largest absolute Gasteiger partial charge is 0.489 e. The molecule has 0 heterocycles. The Bertz CT molecular complexity index is 1440. The molecule has 4 rings (SSSR count). The molecule has 1 fully saturated rings. The summed E-state index contributed by atoms with van der Waals surface area (Å²) in [4.78, 5) is 24.9. The minimum Gasteiger partial charge on any atom is -0.489 e. The van der Waals surface area contributed by atoms with E-state index in [9.17, 15) is 14.7 Å². The summed E-state index contributed by atoms with van der Waals surface area (Å²) in [5, 5.41) is 16.4. The van der Waals surface area contributed by atoms with E-state index in [1.165, 1.54) is 12.8 Å². The van der Waals surface area contributed by atoms with Crippen LogP contribution in [0, 0.1) is 5.92 Å². The van der Waals surface area contributed by atoms with Gasteiger partial charge in [0.25, 0.3) is 0 Å². The topological polar surface area (TPSA) is 106 Å². The Kier molecular flexibility index (Phi) is 10.6. The first kappa shape index (κ1) is 32.9. The molecule has 1 atom stereocenters. The lowest BCUT2D eigenvalue weighted by atomic mass is 9.98. The lowest BCUT2D eigenvalue weighted by molar-refractivity contribution is -0.153. The molecule has 0 unspecified atom stereocenters. The smallest absolute Gasteiger partial charge is 0.408 e. The van der Waals surface area contributed by atoms with Gasteiger partial charge in [0.1, 0.15) is 23.6 Å². The predicted molar refractivity (Wildman–Crippen MR) is 173 cm³/mol. The summed E-state index contributed by atoms with van der Waals surface area (Å²) in [5.41, 5.74) is 4.20. The normalized spacial score (nSPS) is 14.0. The molecule has 44 heavy (non-hydrogen) atoms. The molecular formula is C36H46N2O6. The maximum Gasteiger partial charge on any atom is 0.408 e. The van der Waals surface area contributed by atoms with Crippen LogP contribution in [0.5, 0.6) is 5.75 Å². The molecule has 0 bridgehead atoms. The Morgan fingerprint density at radius 3 is 2.30 bits per heavy atom. The van der Waals surface area contributed by atoms with E-state index in [1.54, 1.807) is 20.8 Å². The van der Waals surface area contributed by atoms with Gasteiger partial charge >= 0.3 is 12.1 Å². The highest BCUT2D eigenvalue weighted by Crippen LogP contribution is 2.32. The van der Waals surface area contributed by atoms with Crippen molar-refractivity contribution in [1.82, 2.24) is 5.32 Å². The number of para-hydroxylation sites is 1. The van der Waals surface area contributed by atoms with Crippen LogP contribution in [0.25, 0.3) is 11.1 Å². The standard InChI is InChI=1S/C36H46N2O6/c1-35(2,3)43-33(40)20-28-10-7-8-13-32(28)42-23-25-16-29(19-30(17-25)37-21-24-14-15-24)26-11-9-12-27(18-26)31(22-39)38-34(41)44-36(4,5)6/h7-13,16-19,24,31,37,39H,14-15,20-23H2,1-6H3,(H,38,41)/t31-/m1/s1. The molecule has 1 saturated carbocycles. The molecule has 8 nitrogen and oxygen atoms in total. The van der Waals surface area contributed by atoms with Crippen LogP contribution in [0.3, 0.4) is 0 Å². The minimum absolute atomic E-state index is 0.123. The number of aliphatic hydroxyl groups excluding tert-OH is 1. The van der Waals surface area contributed by atoms with Crippen LogP contribution in [0.15, 0.2) is 66.7 Å². The van der Waals surface area contributed by atoms with Gasteiger partial charge < -0.3 is 30.0 Å². The monoisotopic (exact) mass is 602 g/mol. The minimum atomic E-state index is -0.644. The highest BCUT2D eigenvalue weighted by atomic mass is 16.6. The van der Waals surface area contributed by atoms with Crippen molar-refractivity contribution in [2.75, 3.05) is 18.5 Å². The van der Waals surface area contributed by atoms with E-state index < -0.39 is 23.3 Å². The number of aliphatic hydroxyl groups is 1. The molecule has 236 valence electrons. The van der Waals surface area contributed by atoms with Crippen LogP contribution in [0.2, 0.25) is 0 Å². The highest BCUT2D eigenvalue weighted by molar-refractivity contribution is 5.74. The summed E-state index contributed by atoms with van der Waals surface area (Å²) in [7, 11) is 0. The third kappa shape index (κ3) is 10.6. The Hall–Kier alpha value is -4.04. The second-order valence-electron chi connectivity index (χ2n) is 13.4. The van der Waals surface area contributed by atoms with Gasteiger partial charge in [0, 0.05) is 17.8 Å².